The lowest BCUT2D eigenvalue weighted by molar-refractivity contribution is -0.139. The predicted octanol–water partition coefficient (Wildman–Crippen LogP) is -0.397. The average Bonchev–Trinajstić information content (AvgIpc) is 2.35. The van der Waals surface area contributed by atoms with Crippen molar-refractivity contribution in [3.63, 3.8) is 0 Å². The van der Waals surface area contributed by atoms with Gasteiger partial charge in [0.25, 0.3) is 11.8 Å². The molecule has 6 heteroatoms. The van der Waals surface area contributed by atoms with E-state index in [1.807, 2.05) is 0 Å². The highest BCUT2D eigenvalue weighted by Gasteiger charge is 2.28. The van der Waals surface area contributed by atoms with E-state index in [2.05, 4.69) is 0 Å². The number of aliphatic carboxylic acids is 1. The molecule has 13 heavy (non-hydrogen) atoms. The van der Waals surface area contributed by atoms with E-state index in [0.29, 0.717) is 0 Å². The van der Waals surface area contributed by atoms with E-state index < -0.39 is 23.2 Å². The van der Waals surface area contributed by atoms with Crippen molar-refractivity contribution in [3.8, 4) is 0 Å². The molecule has 0 aromatic rings. The number of rotatable bonds is 3. The van der Waals surface area contributed by atoms with Crippen molar-refractivity contribution in [1.29, 1.82) is 0 Å². The van der Waals surface area contributed by atoms with Gasteiger partial charge >= 0.3 is 5.97 Å². The topological polar surface area (TPSA) is 74.7 Å². The number of imide groups is 1. The molecular weight excluding hydrogens is 198 g/mol. The van der Waals surface area contributed by atoms with Crippen LogP contribution in [0.2, 0.25) is 0 Å². The van der Waals surface area contributed by atoms with Crippen molar-refractivity contribution in [2.24, 2.45) is 0 Å². The first-order chi connectivity index (χ1) is 6.02. The Kier molecular flexibility index (Phi) is 2.67. The molecule has 1 rings (SSSR count). The minimum absolute atomic E-state index is 0.304. The summed E-state index contributed by atoms with van der Waals surface area (Å²) < 4.78 is 0. The van der Waals surface area contributed by atoms with Gasteiger partial charge in [-0.05, 0) is 0 Å². The first-order valence-electron chi connectivity index (χ1n) is 3.43. The van der Waals surface area contributed by atoms with Crippen molar-refractivity contribution >= 4 is 29.4 Å². The summed E-state index contributed by atoms with van der Waals surface area (Å²) in [6, 6.07) is 0. The summed E-state index contributed by atoms with van der Waals surface area (Å²) >= 11 is 5.35. The van der Waals surface area contributed by atoms with Crippen LogP contribution >= 0.6 is 11.6 Å². The van der Waals surface area contributed by atoms with E-state index in [9.17, 15) is 14.4 Å². The average molecular weight is 204 g/mol. The van der Waals surface area contributed by atoms with Gasteiger partial charge in [-0.2, -0.15) is 0 Å². The van der Waals surface area contributed by atoms with Gasteiger partial charge in [-0.15, -0.1) is 11.6 Å². The number of carboxylic acids is 1. The zero-order valence-corrected chi connectivity index (χ0v) is 7.19. The first-order valence-corrected chi connectivity index (χ1v) is 3.86. The highest BCUT2D eigenvalue weighted by atomic mass is 35.5. The van der Waals surface area contributed by atoms with Crippen LogP contribution in [0.15, 0.2) is 12.2 Å². The van der Waals surface area contributed by atoms with Crippen molar-refractivity contribution < 1.29 is 19.5 Å². The Labute approximate surface area is 78.6 Å². The SMILES string of the molecule is O=C(O)C(Cl)CN1C(=O)C=CC1=O. The Hall–Kier alpha value is -1.36. The number of hydrogen-bond donors (Lipinski definition) is 1. The van der Waals surface area contributed by atoms with Crippen molar-refractivity contribution in [3.05, 3.63) is 12.2 Å². The Morgan fingerprint density at radius 3 is 2.31 bits per heavy atom. The molecule has 1 aliphatic heterocycles. The predicted molar refractivity (Wildman–Crippen MR) is 43.1 cm³/mol. The number of carbonyl (C=O) groups excluding carboxylic acids is 2. The Bertz CT molecular complexity index is 281. The lowest BCUT2D eigenvalue weighted by Gasteiger charge is -2.14. The number of carboxylic acid groups (broad SMARTS) is 1. The van der Waals surface area contributed by atoms with Gasteiger partial charge < -0.3 is 5.11 Å². The summed E-state index contributed by atoms with van der Waals surface area (Å²) in [6.07, 6.45) is 2.15. The normalized spacial score (nSPS) is 18.1. The fourth-order valence-corrected chi connectivity index (χ4v) is 0.987. The molecule has 70 valence electrons. The molecule has 0 aromatic carbocycles. The van der Waals surface area contributed by atoms with Crippen molar-refractivity contribution in [2.45, 2.75) is 5.38 Å². The maximum atomic E-state index is 10.9. The number of hydrogen-bond acceptors (Lipinski definition) is 3. The summed E-state index contributed by atoms with van der Waals surface area (Å²) in [6.45, 7) is -0.304. The Morgan fingerprint density at radius 2 is 1.92 bits per heavy atom. The third-order valence-corrected chi connectivity index (χ3v) is 1.84. The van der Waals surface area contributed by atoms with Crippen LogP contribution in [0.3, 0.4) is 0 Å². The maximum absolute atomic E-state index is 10.9. The van der Waals surface area contributed by atoms with Crippen LogP contribution in [-0.4, -0.2) is 39.7 Å². The molecular formula is C7H6ClNO4. The second kappa shape index (κ2) is 3.57. The molecule has 1 unspecified atom stereocenters. The largest absolute Gasteiger partial charge is 0.480 e. The molecule has 0 saturated heterocycles. The zero-order chi connectivity index (χ0) is 10.0. The third kappa shape index (κ3) is 2.06. The lowest BCUT2D eigenvalue weighted by atomic mass is 10.4. The highest BCUT2D eigenvalue weighted by Crippen LogP contribution is 2.07. The Balaban J connectivity index is 2.60. The fraction of sp³-hybridized carbons (Fsp3) is 0.286. The molecule has 5 nitrogen and oxygen atoms in total. The molecule has 1 aliphatic rings. The van der Waals surface area contributed by atoms with Crippen LogP contribution in [-0.2, 0) is 14.4 Å². The number of amides is 2. The van der Waals surface area contributed by atoms with E-state index in [4.69, 9.17) is 16.7 Å². The van der Waals surface area contributed by atoms with Crippen LogP contribution < -0.4 is 0 Å². The highest BCUT2D eigenvalue weighted by molar-refractivity contribution is 6.30. The molecule has 1 atom stereocenters. The summed E-state index contributed by atoms with van der Waals surface area (Å²) in [7, 11) is 0. The fourth-order valence-electron chi connectivity index (χ4n) is 0.849. The molecule has 0 radical (unpaired) electrons. The van der Waals surface area contributed by atoms with Crippen LogP contribution in [0, 0.1) is 0 Å². The smallest absolute Gasteiger partial charge is 0.323 e. The minimum atomic E-state index is -1.26. The first kappa shape index (κ1) is 9.73. The molecule has 0 saturated carbocycles. The summed E-state index contributed by atoms with van der Waals surface area (Å²) in [5.41, 5.74) is 0. The lowest BCUT2D eigenvalue weighted by Crippen LogP contribution is -2.37. The molecule has 2 amide bonds. The van der Waals surface area contributed by atoms with E-state index in [1.54, 1.807) is 0 Å². The van der Waals surface area contributed by atoms with Crippen LogP contribution in [0.25, 0.3) is 0 Å². The van der Waals surface area contributed by atoms with E-state index in [0.717, 1.165) is 17.1 Å². The third-order valence-electron chi connectivity index (χ3n) is 1.51. The molecule has 1 heterocycles. The maximum Gasteiger partial charge on any atom is 0.323 e. The number of alkyl halides is 1. The molecule has 0 fully saturated rings. The summed E-state index contributed by atoms with van der Waals surface area (Å²) in [5, 5.41) is 7.16. The Morgan fingerprint density at radius 1 is 1.46 bits per heavy atom. The van der Waals surface area contributed by atoms with E-state index in [1.165, 1.54) is 0 Å². The monoisotopic (exact) mass is 203 g/mol. The number of carbonyl (C=O) groups is 3. The van der Waals surface area contributed by atoms with Gasteiger partial charge in [0.15, 0.2) is 0 Å². The van der Waals surface area contributed by atoms with Crippen LogP contribution in [0.5, 0.6) is 0 Å². The van der Waals surface area contributed by atoms with Gasteiger partial charge in [0, 0.05) is 12.2 Å². The van der Waals surface area contributed by atoms with Gasteiger partial charge in [0.05, 0.1) is 6.54 Å². The summed E-state index contributed by atoms with van der Waals surface area (Å²) in [5.74, 6) is -2.32. The van der Waals surface area contributed by atoms with E-state index in [-0.39, 0.29) is 6.54 Å². The molecule has 0 bridgehead atoms. The standard InChI is InChI=1S/C7H6ClNO4/c8-4(7(12)13)3-9-5(10)1-2-6(9)11/h1-2,4H,3H2,(H,12,13). The van der Waals surface area contributed by atoms with Gasteiger partial charge in [0.1, 0.15) is 5.38 Å². The van der Waals surface area contributed by atoms with E-state index >= 15 is 0 Å². The quantitative estimate of drug-likeness (QED) is 0.501. The van der Waals surface area contributed by atoms with Gasteiger partial charge in [-0.3, -0.25) is 19.3 Å². The zero-order valence-electron chi connectivity index (χ0n) is 6.44. The van der Waals surface area contributed by atoms with Crippen molar-refractivity contribution in [1.82, 2.24) is 4.90 Å². The van der Waals surface area contributed by atoms with Gasteiger partial charge in [-0.1, -0.05) is 0 Å². The number of nitrogens with zero attached hydrogens (tertiary/aromatic N) is 1. The second-order valence-electron chi connectivity index (χ2n) is 2.43. The molecule has 0 spiro atoms. The van der Waals surface area contributed by atoms with Crippen molar-refractivity contribution in [2.75, 3.05) is 6.54 Å². The van der Waals surface area contributed by atoms with Gasteiger partial charge in [0.2, 0.25) is 0 Å². The molecule has 0 aliphatic carbocycles. The number of halogens is 1. The second-order valence-corrected chi connectivity index (χ2v) is 2.95. The molecule has 1 N–H and O–H groups in total. The van der Waals surface area contributed by atoms with Crippen LogP contribution in [0.1, 0.15) is 0 Å². The van der Waals surface area contributed by atoms with Gasteiger partial charge in [-0.25, -0.2) is 0 Å². The molecule has 0 aromatic heterocycles. The minimum Gasteiger partial charge on any atom is -0.480 e. The van der Waals surface area contributed by atoms with Crippen LogP contribution in [0.4, 0.5) is 0 Å². The summed E-state index contributed by atoms with van der Waals surface area (Å²) in [4.78, 5) is 32.9.